The van der Waals surface area contributed by atoms with Crippen molar-refractivity contribution in [1.82, 2.24) is 0 Å². The minimum atomic E-state index is -1.89. The number of hydrogen-bond donors (Lipinski definition) is 0. The van der Waals surface area contributed by atoms with Gasteiger partial charge in [0.25, 0.3) is 0 Å². The van der Waals surface area contributed by atoms with Crippen molar-refractivity contribution in [3.63, 3.8) is 0 Å². The standard InChI is InChI=1S/C16H32O3Si/c1-3-5-7-9-11-17-20(13-15-16(14-20)19-15)18-12-10-8-6-4-2/h15-16H,3-14H2,1-2H3. The van der Waals surface area contributed by atoms with Crippen LogP contribution >= 0.6 is 0 Å². The van der Waals surface area contributed by atoms with Gasteiger partial charge >= 0.3 is 8.56 Å². The van der Waals surface area contributed by atoms with Gasteiger partial charge in [0.2, 0.25) is 0 Å². The van der Waals surface area contributed by atoms with Crippen molar-refractivity contribution < 1.29 is 13.6 Å². The van der Waals surface area contributed by atoms with Crippen molar-refractivity contribution in [3.05, 3.63) is 0 Å². The topological polar surface area (TPSA) is 31.0 Å². The molecule has 2 fully saturated rings. The van der Waals surface area contributed by atoms with E-state index in [9.17, 15) is 0 Å². The van der Waals surface area contributed by atoms with Crippen LogP contribution in [0, 0.1) is 0 Å². The normalized spacial score (nSPS) is 26.7. The van der Waals surface area contributed by atoms with Crippen molar-refractivity contribution in [2.45, 2.75) is 89.5 Å². The number of rotatable bonds is 12. The Kier molecular flexibility index (Phi) is 7.01. The van der Waals surface area contributed by atoms with Gasteiger partial charge in [-0.3, -0.25) is 0 Å². The molecule has 0 saturated carbocycles. The lowest BCUT2D eigenvalue weighted by atomic mass is 10.2. The van der Waals surface area contributed by atoms with E-state index in [1.807, 2.05) is 0 Å². The van der Waals surface area contributed by atoms with Gasteiger partial charge in [-0.2, -0.15) is 0 Å². The molecule has 0 bridgehead atoms. The Bertz CT molecular complexity index is 246. The summed E-state index contributed by atoms with van der Waals surface area (Å²) in [7, 11) is -1.89. The number of hydrogen-bond acceptors (Lipinski definition) is 3. The van der Waals surface area contributed by atoms with E-state index in [0.717, 1.165) is 25.3 Å². The van der Waals surface area contributed by atoms with Gasteiger partial charge in [0, 0.05) is 25.3 Å². The Balaban J connectivity index is 1.63. The van der Waals surface area contributed by atoms with Gasteiger partial charge in [-0.05, 0) is 12.8 Å². The molecule has 2 saturated heterocycles. The SMILES string of the molecule is CCCCCCO[Si]1(OCCCCCC)CC2OC2C1. The van der Waals surface area contributed by atoms with Crippen LogP contribution in [-0.4, -0.2) is 34.0 Å². The second-order valence-electron chi connectivity index (χ2n) is 6.35. The number of unbranched alkanes of at least 4 members (excludes halogenated alkanes) is 6. The fraction of sp³-hybridized carbons (Fsp3) is 1.00. The summed E-state index contributed by atoms with van der Waals surface area (Å²) in [6, 6.07) is 2.17. The minimum absolute atomic E-state index is 0.480. The molecule has 2 aliphatic rings. The molecule has 2 aliphatic heterocycles. The van der Waals surface area contributed by atoms with Crippen LogP contribution in [0.4, 0.5) is 0 Å². The molecule has 20 heavy (non-hydrogen) atoms. The van der Waals surface area contributed by atoms with Crippen molar-refractivity contribution >= 4 is 8.56 Å². The van der Waals surface area contributed by atoms with Gasteiger partial charge in [0.1, 0.15) is 0 Å². The number of ether oxygens (including phenoxy) is 1. The minimum Gasteiger partial charge on any atom is -0.394 e. The third kappa shape index (κ3) is 5.13. The van der Waals surface area contributed by atoms with Gasteiger partial charge in [0.15, 0.2) is 0 Å². The molecule has 0 spiro atoms. The summed E-state index contributed by atoms with van der Waals surface area (Å²) in [5.74, 6) is 0. The molecule has 2 unspecified atom stereocenters. The summed E-state index contributed by atoms with van der Waals surface area (Å²) in [6.07, 6.45) is 11.1. The maximum absolute atomic E-state index is 6.28. The first kappa shape index (κ1) is 16.5. The molecule has 4 heteroatoms. The maximum atomic E-state index is 6.28. The molecular weight excluding hydrogens is 268 g/mol. The van der Waals surface area contributed by atoms with Crippen LogP contribution < -0.4 is 0 Å². The predicted octanol–water partition coefficient (Wildman–Crippen LogP) is 4.40. The first-order valence-electron chi connectivity index (χ1n) is 8.73. The second-order valence-corrected chi connectivity index (χ2v) is 9.57. The fourth-order valence-corrected chi connectivity index (χ4v) is 6.78. The van der Waals surface area contributed by atoms with Crippen LogP contribution in [0.1, 0.15) is 65.2 Å². The van der Waals surface area contributed by atoms with Gasteiger partial charge in [-0.25, -0.2) is 0 Å². The van der Waals surface area contributed by atoms with Crippen LogP contribution in [0.2, 0.25) is 12.1 Å². The van der Waals surface area contributed by atoms with Crippen LogP contribution in [0.15, 0.2) is 0 Å². The van der Waals surface area contributed by atoms with Crippen molar-refractivity contribution in [3.8, 4) is 0 Å². The molecule has 118 valence electrons. The molecule has 0 N–H and O–H groups in total. The molecule has 0 aliphatic carbocycles. The quantitative estimate of drug-likeness (QED) is 0.304. The van der Waals surface area contributed by atoms with E-state index < -0.39 is 8.56 Å². The zero-order chi connectivity index (χ0) is 14.3. The Hall–Kier alpha value is 0.0969. The third-order valence-corrected chi connectivity index (χ3v) is 7.95. The molecule has 2 rings (SSSR count). The fourth-order valence-electron chi connectivity index (χ4n) is 3.09. The Morgan fingerprint density at radius 1 is 0.800 bits per heavy atom. The van der Waals surface area contributed by atoms with E-state index in [-0.39, 0.29) is 0 Å². The van der Waals surface area contributed by atoms with E-state index in [4.69, 9.17) is 13.6 Å². The van der Waals surface area contributed by atoms with Gasteiger partial charge in [-0.1, -0.05) is 52.4 Å². The smallest absolute Gasteiger partial charge is 0.343 e. The van der Waals surface area contributed by atoms with Gasteiger partial charge < -0.3 is 13.6 Å². The highest BCUT2D eigenvalue weighted by Crippen LogP contribution is 2.46. The average Bonchev–Trinajstić information content (AvgIpc) is 3.06. The van der Waals surface area contributed by atoms with Crippen LogP contribution in [0.5, 0.6) is 0 Å². The van der Waals surface area contributed by atoms with E-state index in [2.05, 4.69) is 13.8 Å². The Labute approximate surface area is 125 Å². The lowest BCUT2D eigenvalue weighted by Gasteiger charge is -2.27. The summed E-state index contributed by atoms with van der Waals surface area (Å²) in [5.41, 5.74) is 0. The zero-order valence-electron chi connectivity index (χ0n) is 13.4. The number of epoxide rings is 1. The summed E-state index contributed by atoms with van der Waals surface area (Å²) in [4.78, 5) is 0. The van der Waals surface area contributed by atoms with Crippen LogP contribution in [0.3, 0.4) is 0 Å². The molecule has 0 amide bonds. The maximum Gasteiger partial charge on any atom is 0.343 e. The molecule has 2 atom stereocenters. The highest BCUT2D eigenvalue weighted by Gasteiger charge is 2.60. The van der Waals surface area contributed by atoms with Crippen LogP contribution in [-0.2, 0) is 13.6 Å². The summed E-state index contributed by atoms with van der Waals surface area (Å²) in [6.45, 7) is 6.30. The second kappa shape index (κ2) is 8.52. The van der Waals surface area contributed by atoms with Crippen molar-refractivity contribution in [1.29, 1.82) is 0 Å². The van der Waals surface area contributed by atoms with E-state index >= 15 is 0 Å². The highest BCUT2D eigenvalue weighted by atomic mass is 28.4. The summed E-state index contributed by atoms with van der Waals surface area (Å²) in [5, 5.41) is 0. The molecule has 0 radical (unpaired) electrons. The molecule has 0 aromatic rings. The lowest BCUT2D eigenvalue weighted by Crippen LogP contribution is -2.42. The third-order valence-electron chi connectivity index (χ3n) is 4.44. The molecule has 0 aromatic carbocycles. The highest BCUT2D eigenvalue weighted by molar-refractivity contribution is 6.69. The van der Waals surface area contributed by atoms with Crippen molar-refractivity contribution in [2.75, 3.05) is 13.2 Å². The summed E-state index contributed by atoms with van der Waals surface area (Å²) >= 11 is 0. The zero-order valence-corrected chi connectivity index (χ0v) is 14.4. The monoisotopic (exact) mass is 300 g/mol. The van der Waals surface area contributed by atoms with Crippen LogP contribution in [0.25, 0.3) is 0 Å². The summed E-state index contributed by atoms with van der Waals surface area (Å²) < 4.78 is 18.1. The van der Waals surface area contributed by atoms with Crippen molar-refractivity contribution in [2.24, 2.45) is 0 Å². The molecule has 3 nitrogen and oxygen atoms in total. The Morgan fingerprint density at radius 3 is 1.75 bits per heavy atom. The molecular formula is C16H32O3Si. The first-order valence-corrected chi connectivity index (χ1v) is 11.0. The van der Waals surface area contributed by atoms with E-state index in [0.29, 0.717) is 12.2 Å². The predicted molar refractivity (Wildman–Crippen MR) is 84.2 cm³/mol. The van der Waals surface area contributed by atoms with E-state index in [1.54, 1.807) is 0 Å². The largest absolute Gasteiger partial charge is 0.394 e. The average molecular weight is 301 g/mol. The van der Waals surface area contributed by atoms with E-state index in [1.165, 1.54) is 51.4 Å². The van der Waals surface area contributed by atoms with Gasteiger partial charge in [-0.15, -0.1) is 0 Å². The Morgan fingerprint density at radius 2 is 1.30 bits per heavy atom. The lowest BCUT2D eigenvalue weighted by molar-refractivity contribution is 0.154. The first-order chi connectivity index (χ1) is 9.79. The molecule has 2 heterocycles. The molecule has 0 aromatic heterocycles. The number of fused-ring (bicyclic) bond motifs is 1. The van der Waals surface area contributed by atoms with Gasteiger partial charge in [0.05, 0.1) is 12.2 Å².